The van der Waals surface area contributed by atoms with Crippen LogP contribution in [-0.4, -0.2) is 11.9 Å². The predicted molar refractivity (Wildman–Crippen MR) is 90.9 cm³/mol. The molecule has 0 aliphatic carbocycles. The lowest BCUT2D eigenvalue weighted by Gasteiger charge is -2.14. The molecular formula is C19H21NO3. The molecule has 2 aromatic rings. The summed E-state index contributed by atoms with van der Waals surface area (Å²) in [6, 6.07) is 12.6. The Morgan fingerprint density at radius 1 is 0.957 bits per heavy atom. The number of rotatable bonds is 5. The normalized spacial score (nSPS) is 10.2. The maximum atomic E-state index is 12.5. The molecule has 0 aromatic heterocycles. The van der Waals surface area contributed by atoms with E-state index in [0.717, 1.165) is 29.7 Å². The predicted octanol–water partition coefficient (Wildman–Crippen LogP) is 3.99. The molecule has 23 heavy (non-hydrogen) atoms. The minimum absolute atomic E-state index is 0.171. The first kappa shape index (κ1) is 16.7. The van der Waals surface area contributed by atoms with Crippen molar-refractivity contribution in [1.82, 2.24) is 0 Å². The van der Waals surface area contributed by atoms with Gasteiger partial charge in [-0.15, -0.1) is 0 Å². The molecule has 0 fully saturated rings. The zero-order chi connectivity index (χ0) is 16.8. The molecule has 0 spiro atoms. The molecule has 1 N–H and O–H groups in total. The van der Waals surface area contributed by atoms with Crippen LogP contribution in [0.1, 0.15) is 42.3 Å². The molecule has 0 saturated carbocycles. The van der Waals surface area contributed by atoms with E-state index in [0.29, 0.717) is 11.3 Å². The molecule has 2 rings (SSSR count). The summed E-state index contributed by atoms with van der Waals surface area (Å²) < 4.78 is 4.97. The van der Waals surface area contributed by atoms with Crippen LogP contribution in [0.15, 0.2) is 42.5 Å². The van der Waals surface area contributed by atoms with Crippen LogP contribution < -0.4 is 10.1 Å². The molecule has 4 heteroatoms. The Kier molecular flexibility index (Phi) is 5.52. The summed E-state index contributed by atoms with van der Waals surface area (Å²) in [5.74, 6) is -0.126. The van der Waals surface area contributed by atoms with E-state index < -0.39 is 0 Å². The van der Waals surface area contributed by atoms with Gasteiger partial charge >= 0.3 is 5.97 Å². The highest BCUT2D eigenvalue weighted by atomic mass is 16.5. The zero-order valence-electron chi connectivity index (χ0n) is 13.7. The van der Waals surface area contributed by atoms with Crippen LogP contribution in [0.3, 0.4) is 0 Å². The number of benzene rings is 2. The molecule has 4 nitrogen and oxygen atoms in total. The number of amides is 1. The maximum absolute atomic E-state index is 12.5. The number of carbonyl (C=O) groups excluding carboxylic acids is 2. The van der Waals surface area contributed by atoms with Crippen molar-refractivity contribution in [3.05, 3.63) is 59.2 Å². The first-order valence-corrected chi connectivity index (χ1v) is 7.75. The third-order valence-corrected chi connectivity index (χ3v) is 3.62. The van der Waals surface area contributed by atoms with E-state index >= 15 is 0 Å². The quantitative estimate of drug-likeness (QED) is 0.671. The smallest absolute Gasteiger partial charge is 0.308 e. The van der Waals surface area contributed by atoms with Crippen LogP contribution >= 0.6 is 0 Å². The standard InChI is InChI=1S/C19H21NO3/c1-4-14-7-6-8-15(5-2)18(14)20-19(22)16-9-11-17(12-10-16)23-13(3)21/h6-12H,4-5H2,1-3H3,(H,20,22). The third-order valence-electron chi connectivity index (χ3n) is 3.62. The van der Waals surface area contributed by atoms with Gasteiger partial charge < -0.3 is 10.1 Å². The highest BCUT2D eigenvalue weighted by Gasteiger charge is 2.12. The minimum atomic E-state index is -0.383. The molecule has 0 atom stereocenters. The summed E-state index contributed by atoms with van der Waals surface area (Å²) >= 11 is 0. The number of anilines is 1. The molecular weight excluding hydrogens is 290 g/mol. The lowest BCUT2D eigenvalue weighted by Crippen LogP contribution is -2.15. The van der Waals surface area contributed by atoms with Crippen LogP contribution in [0, 0.1) is 0 Å². The van der Waals surface area contributed by atoms with Crippen molar-refractivity contribution in [2.24, 2.45) is 0 Å². The van der Waals surface area contributed by atoms with Gasteiger partial charge in [-0.3, -0.25) is 9.59 Å². The average molecular weight is 311 g/mol. The van der Waals surface area contributed by atoms with Gasteiger partial charge in [0.2, 0.25) is 0 Å². The van der Waals surface area contributed by atoms with E-state index in [1.54, 1.807) is 24.3 Å². The number of para-hydroxylation sites is 1. The average Bonchev–Trinajstić information content (AvgIpc) is 2.55. The van der Waals surface area contributed by atoms with Gasteiger partial charge in [-0.05, 0) is 48.2 Å². The van der Waals surface area contributed by atoms with E-state index in [4.69, 9.17) is 4.74 Å². The van der Waals surface area contributed by atoms with Crippen molar-refractivity contribution in [2.75, 3.05) is 5.32 Å². The van der Waals surface area contributed by atoms with Gasteiger partial charge in [-0.2, -0.15) is 0 Å². The number of ether oxygens (including phenoxy) is 1. The van der Waals surface area contributed by atoms with Crippen molar-refractivity contribution >= 4 is 17.6 Å². The van der Waals surface area contributed by atoms with Crippen LogP contribution in [0.25, 0.3) is 0 Å². The third kappa shape index (κ3) is 4.19. The van der Waals surface area contributed by atoms with Crippen LogP contribution in [0.4, 0.5) is 5.69 Å². The number of hydrogen-bond acceptors (Lipinski definition) is 3. The molecule has 0 bridgehead atoms. The Hall–Kier alpha value is -2.62. The second-order valence-corrected chi connectivity index (χ2v) is 5.23. The van der Waals surface area contributed by atoms with E-state index in [1.807, 2.05) is 18.2 Å². The Morgan fingerprint density at radius 3 is 2.00 bits per heavy atom. The largest absolute Gasteiger partial charge is 0.427 e. The number of esters is 1. The summed E-state index contributed by atoms with van der Waals surface area (Å²) in [4.78, 5) is 23.4. The maximum Gasteiger partial charge on any atom is 0.308 e. The highest BCUT2D eigenvalue weighted by molar-refractivity contribution is 6.05. The van der Waals surface area contributed by atoms with Gasteiger partial charge in [0.05, 0.1) is 0 Å². The van der Waals surface area contributed by atoms with Gasteiger partial charge in [0.15, 0.2) is 0 Å². The summed E-state index contributed by atoms with van der Waals surface area (Å²) in [5.41, 5.74) is 3.66. The Bertz CT molecular complexity index is 683. The van der Waals surface area contributed by atoms with Gasteiger partial charge in [-0.25, -0.2) is 0 Å². The van der Waals surface area contributed by atoms with Gasteiger partial charge in [0, 0.05) is 18.2 Å². The molecule has 1 amide bonds. The highest BCUT2D eigenvalue weighted by Crippen LogP contribution is 2.23. The summed E-state index contributed by atoms with van der Waals surface area (Å²) in [6.45, 7) is 5.48. The van der Waals surface area contributed by atoms with Gasteiger partial charge in [-0.1, -0.05) is 32.0 Å². The van der Waals surface area contributed by atoms with Crippen molar-refractivity contribution in [3.63, 3.8) is 0 Å². The SMILES string of the molecule is CCc1cccc(CC)c1NC(=O)c1ccc(OC(C)=O)cc1. The fraction of sp³-hybridized carbons (Fsp3) is 0.263. The van der Waals surface area contributed by atoms with E-state index in [2.05, 4.69) is 19.2 Å². The topological polar surface area (TPSA) is 55.4 Å². The Balaban J connectivity index is 2.21. The molecule has 0 heterocycles. The van der Waals surface area contributed by atoms with Crippen molar-refractivity contribution in [1.29, 1.82) is 0 Å². The Morgan fingerprint density at radius 2 is 1.52 bits per heavy atom. The van der Waals surface area contributed by atoms with Crippen molar-refractivity contribution < 1.29 is 14.3 Å². The van der Waals surface area contributed by atoms with E-state index in [-0.39, 0.29) is 11.9 Å². The first-order valence-electron chi connectivity index (χ1n) is 7.75. The van der Waals surface area contributed by atoms with Crippen LogP contribution in [0.2, 0.25) is 0 Å². The van der Waals surface area contributed by atoms with Crippen molar-refractivity contribution in [2.45, 2.75) is 33.6 Å². The Labute approximate surface area is 136 Å². The van der Waals surface area contributed by atoms with Gasteiger partial charge in [0.1, 0.15) is 5.75 Å². The van der Waals surface area contributed by atoms with Crippen LogP contribution in [0.5, 0.6) is 5.75 Å². The molecule has 0 radical (unpaired) electrons. The lowest BCUT2D eigenvalue weighted by molar-refractivity contribution is -0.131. The fourth-order valence-electron chi connectivity index (χ4n) is 2.43. The number of aryl methyl sites for hydroxylation is 2. The molecule has 0 unspecified atom stereocenters. The summed E-state index contributed by atoms with van der Waals surface area (Å²) in [5, 5.41) is 3.01. The van der Waals surface area contributed by atoms with Crippen LogP contribution in [-0.2, 0) is 17.6 Å². The van der Waals surface area contributed by atoms with Crippen molar-refractivity contribution in [3.8, 4) is 5.75 Å². The number of carbonyl (C=O) groups is 2. The summed E-state index contributed by atoms with van der Waals surface area (Å²) in [7, 11) is 0. The monoisotopic (exact) mass is 311 g/mol. The first-order chi connectivity index (χ1) is 11.0. The van der Waals surface area contributed by atoms with E-state index in [9.17, 15) is 9.59 Å². The van der Waals surface area contributed by atoms with E-state index in [1.165, 1.54) is 6.92 Å². The second-order valence-electron chi connectivity index (χ2n) is 5.23. The van der Waals surface area contributed by atoms with Gasteiger partial charge in [0.25, 0.3) is 5.91 Å². The minimum Gasteiger partial charge on any atom is -0.427 e. The zero-order valence-corrected chi connectivity index (χ0v) is 13.7. The fourth-order valence-corrected chi connectivity index (χ4v) is 2.43. The number of nitrogens with one attached hydrogen (secondary N) is 1. The number of hydrogen-bond donors (Lipinski definition) is 1. The lowest BCUT2D eigenvalue weighted by atomic mass is 10.0. The molecule has 2 aromatic carbocycles. The second kappa shape index (κ2) is 7.58. The molecule has 120 valence electrons. The summed E-state index contributed by atoms with van der Waals surface area (Å²) in [6.07, 6.45) is 1.71. The molecule has 0 saturated heterocycles. The molecule has 0 aliphatic rings. The molecule has 0 aliphatic heterocycles.